The molecule has 0 aromatic heterocycles. The van der Waals surface area contributed by atoms with Gasteiger partial charge in [-0.15, -0.1) is 0 Å². The summed E-state index contributed by atoms with van der Waals surface area (Å²) in [5.74, 6) is 0. The van der Waals surface area contributed by atoms with E-state index in [9.17, 15) is 0 Å². The Hall–Kier alpha value is 2.33. The molecule has 0 aliphatic rings. The molecule has 0 heterocycles. The topological polar surface area (TPSA) is 0 Å². The van der Waals surface area contributed by atoms with E-state index in [1.165, 1.54) is 0 Å². The molecule has 36 valence electrons. The largest absolute Gasteiger partial charge is 0 e. The molecule has 4 heteroatoms. The van der Waals surface area contributed by atoms with E-state index in [1.807, 2.05) is 0 Å². The number of rotatable bonds is 0. The van der Waals surface area contributed by atoms with Crippen molar-refractivity contribution in [3.8, 4) is 0 Å². The fraction of sp³-hybridized carbons (Fsp3) is 0. The normalized spacial score (nSPS) is 1.00. The summed E-state index contributed by atoms with van der Waals surface area (Å²) in [6.07, 6.45) is 0. The first kappa shape index (κ1) is 16.2. The van der Waals surface area contributed by atoms with Crippen molar-refractivity contribution in [2.75, 3.05) is 0 Å². The van der Waals surface area contributed by atoms with Crippen LogP contribution in [0.2, 0.25) is 0 Å². The minimum atomic E-state index is 0. The molecular weight excluding hydrogens is 393 g/mol. The Kier molecular flexibility index (Phi) is 74.7. The molecule has 0 unspecified atom stereocenters. The first-order chi connectivity index (χ1) is 1.00. The Morgan fingerprint density at radius 1 is 1.25 bits per heavy atom. The predicted octanol–water partition coefficient (Wildman–Crippen LogP) is 0.854. The van der Waals surface area contributed by atoms with Crippen LogP contribution in [0.1, 0.15) is 0 Å². The van der Waals surface area contributed by atoms with Crippen LogP contribution in [0.3, 0.4) is 0 Å². The summed E-state index contributed by atoms with van der Waals surface area (Å²) in [5.41, 5.74) is 0. The zero-order chi connectivity index (χ0) is 2.00. The molecule has 0 bridgehead atoms. The summed E-state index contributed by atoms with van der Waals surface area (Å²) in [7, 11) is 3.15. The van der Waals surface area contributed by atoms with E-state index in [0.717, 1.165) is 0 Å². The van der Waals surface area contributed by atoms with Gasteiger partial charge in [-0.25, -0.2) is 0 Å². The maximum atomic E-state index is 3.57. The molecule has 0 amide bonds. The van der Waals surface area contributed by atoms with E-state index >= 15 is 0 Å². The van der Waals surface area contributed by atoms with Gasteiger partial charge in [-0.1, -0.05) is 0 Å². The minimum absolute atomic E-state index is 0. The van der Waals surface area contributed by atoms with Crippen LogP contribution in [0.25, 0.3) is 0 Å². The van der Waals surface area contributed by atoms with Crippen LogP contribution < -0.4 is 0 Å². The SMILES string of the molecule is [Au].[P]#[Ni].[Pd]. The maximum Gasteiger partial charge on any atom is 0 e. The third-order valence-electron chi connectivity index (χ3n) is 0. The van der Waals surface area contributed by atoms with E-state index in [-0.39, 0.29) is 42.8 Å². The van der Waals surface area contributed by atoms with Crippen molar-refractivity contribution in [3.05, 3.63) is 0 Å². The fourth-order valence-corrected chi connectivity index (χ4v) is 0. The van der Waals surface area contributed by atoms with Crippen molar-refractivity contribution in [2.45, 2.75) is 0 Å². The van der Waals surface area contributed by atoms with Gasteiger partial charge < -0.3 is 0 Å². The van der Waals surface area contributed by atoms with Crippen LogP contribution in [-0.4, -0.2) is 0 Å². The summed E-state index contributed by atoms with van der Waals surface area (Å²) in [4.78, 5) is 0. The molecule has 0 aliphatic carbocycles. The van der Waals surface area contributed by atoms with Crippen molar-refractivity contribution < 1.29 is 57.2 Å². The van der Waals surface area contributed by atoms with Gasteiger partial charge in [0, 0.05) is 42.8 Å². The first-order valence-electron chi connectivity index (χ1n) is 0.141. The van der Waals surface area contributed by atoms with Crippen molar-refractivity contribution in [3.63, 3.8) is 0 Å². The Morgan fingerprint density at radius 3 is 1.25 bits per heavy atom. The third-order valence-corrected chi connectivity index (χ3v) is 0. The van der Waals surface area contributed by atoms with E-state index in [1.54, 1.807) is 0 Å². The molecule has 0 saturated carbocycles. The van der Waals surface area contributed by atoms with Crippen LogP contribution in [0.4, 0.5) is 0 Å². The minimum Gasteiger partial charge on any atom is 0 e. The van der Waals surface area contributed by atoms with Gasteiger partial charge in [0.25, 0.3) is 0 Å². The number of hydrogen-bond donors (Lipinski definition) is 0. The molecule has 0 nitrogen and oxygen atoms in total. The molecule has 4 heavy (non-hydrogen) atoms. The second kappa shape index (κ2) is 18.4. The zero-order valence-electron chi connectivity index (χ0n) is 1.38. The van der Waals surface area contributed by atoms with Gasteiger partial charge >= 0.3 is 21.7 Å². The summed E-state index contributed by atoms with van der Waals surface area (Å²) in [6.45, 7) is 0. The van der Waals surface area contributed by atoms with Crippen molar-refractivity contribution >= 4 is 7.36 Å². The summed E-state index contributed by atoms with van der Waals surface area (Å²) in [6, 6.07) is 0. The Labute approximate surface area is 63.9 Å². The zero-order valence-corrected chi connectivity index (χ0v) is 6.98. The predicted molar refractivity (Wildman–Crippen MR) is 6.92 cm³/mol. The van der Waals surface area contributed by atoms with Crippen molar-refractivity contribution in [1.82, 2.24) is 0 Å². The van der Waals surface area contributed by atoms with Gasteiger partial charge in [0.15, 0.2) is 0 Å². The Morgan fingerprint density at radius 2 is 1.25 bits per heavy atom. The average molecular weight is 393 g/mol. The van der Waals surface area contributed by atoms with E-state index in [4.69, 9.17) is 0 Å². The smallest absolute Gasteiger partial charge is 0 e. The van der Waals surface area contributed by atoms with Gasteiger partial charge in [-0.2, -0.15) is 0 Å². The van der Waals surface area contributed by atoms with E-state index in [2.05, 4.69) is 21.7 Å². The van der Waals surface area contributed by atoms with Crippen molar-refractivity contribution in [2.24, 2.45) is 0 Å². The van der Waals surface area contributed by atoms with Crippen LogP contribution in [0.5, 0.6) is 0 Å². The standard InChI is InChI=1S/Au.Ni.P.Pd. The molecule has 0 aromatic carbocycles. The summed E-state index contributed by atoms with van der Waals surface area (Å²) >= 11 is 3.57. The molecule has 0 fully saturated rings. The van der Waals surface area contributed by atoms with Crippen molar-refractivity contribution in [1.29, 1.82) is 0 Å². The Bertz CT molecular complexity index is 12.8. The summed E-state index contributed by atoms with van der Waals surface area (Å²) in [5, 5.41) is 0. The monoisotopic (exact) mass is 392 g/mol. The molecule has 0 aromatic rings. The summed E-state index contributed by atoms with van der Waals surface area (Å²) < 4.78 is 0. The van der Waals surface area contributed by atoms with Crippen LogP contribution in [0, 0.1) is 0 Å². The van der Waals surface area contributed by atoms with Crippen LogP contribution in [-0.2, 0) is 57.2 Å². The van der Waals surface area contributed by atoms with Gasteiger partial charge in [0.1, 0.15) is 0 Å². The first-order valence-corrected chi connectivity index (χ1v) is 1.75. The maximum absolute atomic E-state index is 3.57. The molecular formula is AuNiPPd. The number of hydrogen-bond acceptors (Lipinski definition) is 0. The van der Waals surface area contributed by atoms with Gasteiger partial charge in [-0.05, 0) is 0 Å². The van der Waals surface area contributed by atoms with E-state index in [0.29, 0.717) is 0 Å². The van der Waals surface area contributed by atoms with Gasteiger partial charge in [-0.3, -0.25) is 0 Å². The van der Waals surface area contributed by atoms with Crippen LogP contribution >= 0.6 is 7.36 Å². The third kappa shape index (κ3) is 8.85. The molecule has 0 atom stereocenters. The van der Waals surface area contributed by atoms with Gasteiger partial charge in [0.05, 0.1) is 0 Å². The molecule has 0 spiro atoms. The second-order valence-corrected chi connectivity index (χ2v) is 0. The Balaban J connectivity index is -0.00000000500. The molecule has 0 N–H and O–H groups in total. The fourth-order valence-electron chi connectivity index (χ4n) is 0. The van der Waals surface area contributed by atoms with Crippen LogP contribution in [0.15, 0.2) is 0 Å². The molecule has 0 rings (SSSR count). The van der Waals surface area contributed by atoms with Gasteiger partial charge in [0.2, 0.25) is 0 Å². The van der Waals surface area contributed by atoms with E-state index < -0.39 is 0 Å². The molecule has 0 aliphatic heterocycles. The quantitative estimate of drug-likeness (QED) is 0.423. The molecule has 0 saturated heterocycles. The molecule has 1 radical (unpaired) electrons. The average Bonchev–Trinajstić information content (AvgIpc) is 1.00. The second-order valence-electron chi connectivity index (χ2n) is 0.